The minimum atomic E-state index is -0.425. The zero-order valence-electron chi connectivity index (χ0n) is 8.03. The van der Waals surface area contributed by atoms with Gasteiger partial charge in [-0.1, -0.05) is 0 Å². The van der Waals surface area contributed by atoms with Crippen molar-refractivity contribution in [1.82, 2.24) is 9.97 Å². The molecule has 0 amide bonds. The van der Waals surface area contributed by atoms with Crippen LogP contribution in [0.4, 0.5) is 0 Å². The summed E-state index contributed by atoms with van der Waals surface area (Å²) in [4.78, 5) is 18.0. The van der Waals surface area contributed by atoms with Crippen molar-refractivity contribution in [3.8, 4) is 5.75 Å². The second kappa shape index (κ2) is 3.20. The molecule has 0 spiro atoms. The van der Waals surface area contributed by atoms with E-state index in [1.165, 1.54) is 6.07 Å². The number of phenolic OH excluding ortho intramolecular Hbond substituents is 1. The molecule has 76 valence electrons. The van der Waals surface area contributed by atoms with Gasteiger partial charge in [-0.15, -0.1) is 0 Å². The van der Waals surface area contributed by atoms with Crippen molar-refractivity contribution >= 4 is 17.2 Å². The molecule has 0 saturated heterocycles. The Morgan fingerprint density at radius 1 is 1.53 bits per heavy atom. The Hall–Kier alpha value is -2.17. The minimum Gasteiger partial charge on any atom is -0.508 e. The smallest absolute Gasteiger partial charge is 0.275 e. The fraction of sp³-hybridized carbons (Fsp3) is 0.100. The van der Waals surface area contributed by atoms with Crippen molar-refractivity contribution in [1.29, 1.82) is 5.41 Å². The van der Waals surface area contributed by atoms with E-state index in [9.17, 15) is 9.90 Å². The number of aromatic hydroxyl groups is 1. The maximum Gasteiger partial charge on any atom is 0.275 e. The highest BCUT2D eigenvalue weighted by Crippen LogP contribution is 2.22. The van der Waals surface area contributed by atoms with Gasteiger partial charge in [0.1, 0.15) is 11.4 Å². The number of nitrogens with zero attached hydrogens (tertiary/aromatic N) is 1. The second-order valence-electron chi connectivity index (χ2n) is 3.20. The van der Waals surface area contributed by atoms with Crippen LogP contribution in [-0.4, -0.2) is 21.3 Å². The predicted molar refractivity (Wildman–Crippen MR) is 56.7 cm³/mol. The Bertz CT molecular complexity index is 601. The number of hydrogen-bond acceptors (Lipinski definition) is 4. The first-order valence-corrected chi connectivity index (χ1v) is 4.36. The Morgan fingerprint density at radius 2 is 2.27 bits per heavy atom. The Morgan fingerprint density at radius 3 is 2.93 bits per heavy atom. The number of fused-ring (bicyclic) bond motifs is 1. The SMILES string of the molecule is Cc1c(O)ccc2nc(C=N)c(=O)[nH]c12. The normalized spacial score (nSPS) is 10.5. The zero-order chi connectivity index (χ0) is 11.0. The highest BCUT2D eigenvalue weighted by Gasteiger charge is 2.06. The van der Waals surface area contributed by atoms with Gasteiger partial charge in [-0.2, -0.15) is 0 Å². The molecular formula is C10H9N3O2. The number of hydrogen-bond donors (Lipinski definition) is 3. The van der Waals surface area contributed by atoms with Crippen LogP contribution in [0.25, 0.3) is 11.0 Å². The number of phenols is 1. The van der Waals surface area contributed by atoms with E-state index in [2.05, 4.69) is 9.97 Å². The Kier molecular flexibility index (Phi) is 2.00. The molecule has 3 N–H and O–H groups in total. The summed E-state index contributed by atoms with van der Waals surface area (Å²) in [6.07, 6.45) is 0.903. The van der Waals surface area contributed by atoms with Crippen LogP contribution < -0.4 is 5.56 Å². The molecule has 2 aromatic rings. The largest absolute Gasteiger partial charge is 0.508 e. The highest BCUT2D eigenvalue weighted by molar-refractivity contribution is 5.83. The first-order valence-electron chi connectivity index (χ1n) is 4.36. The third-order valence-corrected chi connectivity index (χ3v) is 2.26. The fourth-order valence-corrected chi connectivity index (χ4v) is 1.39. The van der Waals surface area contributed by atoms with Crippen LogP contribution in [0.5, 0.6) is 5.75 Å². The molecule has 15 heavy (non-hydrogen) atoms. The Balaban J connectivity index is 2.93. The van der Waals surface area contributed by atoms with Crippen LogP contribution >= 0.6 is 0 Å². The summed E-state index contributed by atoms with van der Waals surface area (Å²) in [5.41, 5.74) is 1.28. The van der Waals surface area contributed by atoms with Crippen LogP contribution in [-0.2, 0) is 0 Å². The maximum atomic E-state index is 11.4. The Labute approximate surface area is 84.9 Å². The van der Waals surface area contributed by atoms with E-state index in [4.69, 9.17) is 5.41 Å². The van der Waals surface area contributed by atoms with Crippen LogP contribution in [0.1, 0.15) is 11.3 Å². The van der Waals surface area contributed by atoms with Gasteiger partial charge in [-0.05, 0) is 19.1 Å². The summed E-state index contributed by atoms with van der Waals surface area (Å²) in [7, 11) is 0. The quantitative estimate of drug-likeness (QED) is 0.602. The van der Waals surface area contributed by atoms with Crippen LogP contribution in [0, 0.1) is 12.3 Å². The molecule has 0 aliphatic carbocycles. The standard InChI is InChI=1S/C10H9N3O2/c1-5-8(14)3-2-6-9(5)13-10(15)7(4-11)12-6/h2-4,11,14H,1H3,(H,13,15). The zero-order valence-corrected chi connectivity index (χ0v) is 8.03. The van der Waals surface area contributed by atoms with Crippen LogP contribution in [0.2, 0.25) is 0 Å². The summed E-state index contributed by atoms with van der Waals surface area (Å²) in [6, 6.07) is 3.11. The molecule has 1 aromatic heterocycles. The summed E-state index contributed by atoms with van der Waals surface area (Å²) in [6.45, 7) is 1.69. The molecule has 0 aliphatic heterocycles. The van der Waals surface area contributed by atoms with E-state index in [-0.39, 0.29) is 11.4 Å². The first-order chi connectivity index (χ1) is 7.13. The summed E-state index contributed by atoms with van der Waals surface area (Å²) >= 11 is 0. The average Bonchev–Trinajstić information content (AvgIpc) is 2.24. The molecule has 0 unspecified atom stereocenters. The molecule has 5 nitrogen and oxygen atoms in total. The molecule has 1 aromatic carbocycles. The van der Waals surface area contributed by atoms with Gasteiger partial charge in [-0.25, -0.2) is 4.98 Å². The first kappa shape index (κ1) is 9.39. The minimum absolute atomic E-state index is 0.0626. The highest BCUT2D eigenvalue weighted by atomic mass is 16.3. The molecule has 0 saturated carbocycles. The second-order valence-corrected chi connectivity index (χ2v) is 3.20. The van der Waals surface area contributed by atoms with E-state index in [0.29, 0.717) is 16.6 Å². The van der Waals surface area contributed by atoms with Crippen LogP contribution in [0.15, 0.2) is 16.9 Å². The van der Waals surface area contributed by atoms with Gasteiger partial charge < -0.3 is 15.5 Å². The van der Waals surface area contributed by atoms with Crippen LogP contribution in [0.3, 0.4) is 0 Å². The lowest BCUT2D eigenvalue weighted by molar-refractivity contribution is 0.472. The monoisotopic (exact) mass is 203 g/mol. The molecule has 1 heterocycles. The van der Waals surface area contributed by atoms with Crippen molar-refractivity contribution in [2.24, 2.45) is 0 Å². The molecule has 2 rings (SSSR count). The third kappa shape index (κ3) is 1.38. The van der Waals surface area contributed by atoms with E-state index < -0.39 is 5.56 Å². The van der Waals surface area contributed by atoms with E-state index in [1.54, 1.807) is 13.0 Å². The van der Waals surface area contributed by atoms with Crippen molar-refractivity contribution in [3.05, 3.63) is 33.7 Å². The molecule has 5 heteroatoms. The molecular weight excluding hydrogens is 194 g/mol. The number of aromatic nitrogens is 2. The number of benzene rings is 1. The molecule has 0 atom stereocenters. The average molecular weight is 203 g/mol. The van der Waals surface area contributed by atoms with E-state index >= 15 is 0 Å². The molecule has 0 radical (unpaired) electrons. The van der Waals surface area contributed by atoms with Gasteiger partial charge in [0.15, 0.2) is 0 Å². The number of rotatable bonds is 1. The number of aryl methyl sites for hydroxylation is 1. The van der Waals surface area contributed by atoms with E-state index in [1.807, 2.05) is 0 Å². The molecule has 0 bridgehead atoms. The number of nitrogens with one attached hydrogen (secondary N) is 2. The summed E-state index contributed by atoms with van der Waals surface area (Å²) < 4.78 is 0. The third-order valence-electron chi connectivity index (χ3n) is 2.26. The van der Waals surface area contributed by atoms with Gasteiger partial charge >= 0.3 is 0 Å². The van der Waals surface area contributed by atoms with E-state index in [0.717, 1.165) is 6.21 Å². The van der Waals surface area contributed by atoms with Gasteiger partial charge in [0.25, 0.3) is 5.56 Å². The van der Waals surface area contributed by atoms with Gasteiger partial charge in [-0.3, -0.25) is 4.79 Å². The van der Waals surface area contributed by atoms with Crippen molar-refractivity contribution in [3.63, 3.8) is 0 Å². The lowest BCUT2D eigenvalue weighted by atomic mass is 10.2. The topological polar surface area (TPSA) is 89.8 Å². The molecule has 0 fully saturated rings. The van der Waals surface area contributed by atoms with Gasteiger partial charge in [0.05, 0.1) is 11.0 Å². The lowest BCUT2D eigenvalue weighted by Gasteiger charge is -2.03. The summed E-state index contributed by atoms with van der Waals surface area (Å²) in [5.74, 6) is 0.113. The summed E-state index contributed by atoms with van der Waals surface area (Å²) in [5, 5.41) is 16.4. The van der Waals surface area contributed by atoms with Gasteiger partial charge in [0.2, 0.25) is 0 Å². The van der Waals surface area contributed by atoms with Gasteiger partial charge in [0, 0.05) is 11.8 Å². The van der Waals surface area contributed by atoms with Crippen molar-refractivity contribution in [2.75, 3.05) is 0 Å². The van der Waals surface area contributed by atoms with Crippen molar-refractivity contribution in [2.45, 2.75) is 6.92 Å². The molecule has 0 aliphatic rings. The predicted octanol–water partition coefficient (Wildman–Crippen LogP) is 0.935. The number of H-pyrrole nitrogens is 1. The van der Waals surface area contributed by atoms with Crippen molar-refractivity contribution < 1.29 is 5.11 Å². The maximum absolute atomic E-state index is 11.4. The number of aromatic amines is 1. The lowest BCUT2D eigenvalue weighted by Crippen LogP contribution is -2.14. The fourth-order valence-electron chi connectivity index (χ4n) is 1.39.